The maximum atomic E-state index is 12.3. The molecule has 0 radical (unpaired) electrons. The van der Waals surface area contributed by atoms with E-state index in [1.54, 1.807) is 25.3 Å². The van der Waals surface area contributed by atoms with Crippen LogP contribution in [0.3, 0.4) is 0 Å². The summed E-state index contributed by atoms with van der Waals surface area (Å²) < 4.78 is 2.00. The van der Waals surface area contributed by atoms with Crippen LogP contribution in [0.25, 0.3) is 10.9 Å². The Balaban J connectivity index is 1.54. The first-order valence-corrected chi connectivity index (χ1v) is 10.3. The van der Waals surface area contributed by atoms with Crippen molar-refractivity contribution in [1.82, 2.24) is 9.99 Å². The molecule has 0 fully saturated rings. The highest BCUT2D eigenvalue weighted by Gasteiger charge is 2.12. The molecular formula is C24H19ClN4O4. The second-order valence-corrected chi connectivity index (χ2v) is 7.87. The lowest BCUT2D eigenvalue weighted by molar-refractivity contribution is -0.385. The largest absolute Gasteiger partial charge is 0.506 e. The summed E-state index contributed by atoms with van der Waals surface area (Å²) in [7, 11) is 0. The minimum atomic E-state index is -0.459. The SMILES string of the molecule is Cc1ccc(Cn2ccc3c(C=NNC(=O)c4ccc(O)c(Cl)c4)cccc32)cc1[N+](=O)[O-]. The molecule has 0 aliphatic heterocycles. The van der Waals surface area contributed by atoms with Crippen LogP contribution in [-0.4, -0.2) is 26.7 Å². The Bertz CT molecular complexity index is 1410. The third-order valence-electron chi connectivity index (χ3n) is 5.25. The highest BCUT2D eigenvalue weighted by Crippen LogP contribution is 2.24. The average Bonchev–Trinajstić information content (AvgIpc) is 3.20. The van der Waals surface area contributed by atoms with Crippen molar-refractivity contribution >= 4 is 40.3 Å². The molecule has 0 unspecified atom stereocenters. The first kappa shape index (κ1) is 22.0. The molecule has 1 amide bonds. The summed E-state index contributed by atoms with van der Waals surface area (Å²) in [5.41, 5.74) is 5.99. The summed E-state index contributed by atoms with van der Waals surface area (Å²) in [4.78, 5) is 23.1. The molecule has 0 saturated carbocycles. The minimum absolute atomic E-state index is 0.0802. The molecule has 9 heteroatoms. The molecule has 0 spiro atoms. The van der Waals surface area contributed by atoms with E-state index in [-0.39, 0.29) is 26.9 Å². The molecule has 4 rings (SSSR count). The van der Waals surface area contributed by atoms with Gasteiger partial charge in [0, 0.05) is 46.4 Å². The predicted octanol–water partition coefficient (Wildman–Crippen LogP) is 5.03. The number of nitrogens with one attached hydrogen (secondary N) is 1. The summed E-state index contributed by atoms with van der Waals surface area (Å²) in [6.07, 6.45) is 3.45. The van der Waals surface area contributed by atoms with Gasteiger partial charge in [-0.05, 0) is 42.8 Å². The summed E-state index contributed by atoms with van der Waals surface area (Å²) in [5, 5.41) is 25.8. The molecule has 166 valence electrons. The number of phenolic OH excluding ortho intramolecular Hbond substituents is 1. The number of hydrazone groups is 1. The molecule has 1 aromatic heterocycles. The van der Waals surface area contributed by atoms with E-state index in [2.05, 4.69) is 10.5 Å². The van der Waals surface area contributed by atoms with E-state index < -0.39 is 5.91 Å². The lowest BCUT2D eigenvalue weighted by Crippen LogP contribution is -2.17. The normalized spacial score (nSPS) is 11.2. The van der Waals surface area contributed by atoms with Crippen LogP contribution in [0.5, 0.6) is 5.75 Å². The predicted molar refractivity (Wildman–Crippen MR) is 127 cm³/mol. The molecule has 8 nitrogen and oxygen atoms in total. The summed E-state index contributed by atoms with van der Waals surface area (Å²) in [6.45, 7) is 2.19. The van der Waals surface area contributed by atoms with E-state index in [4.69, 9.17) is 11.6 Å². The number of amides is 1. The van der Waals surface area contributed by atoms with Crippen LogP contribution in [-0.2, 0) is 6.54 Å². The molecule has 1 heterocycles. The van der Waals surface area contributed by atoms with Gasteiger partial charge in [-0.2, -0.15) is 5.10 Å². The van der Waals surface area contributed by atoms with E-state index in [1.807, 2.05) is 41.1 Å². The van der Waals surface area contributed by atoms with Gasteiger partial charge in [-0.1, -0.05) is 35.9 Å². The number of nitro benzene ring substituents is 1. The third kappa shape index (κ3) is 4.70. The zero-order valence-corrected chi connectivity index (χ0v) is 18.3. The number of hydrogen-bond acceptors (Lipinski definition) is 5. The van der Waals surface area contributed by atoms with Crippen molar-refractivity contribution in [1.29, 1.82) is 0 Å². The zero-order valence-electron chi connectivity index (χ0n) is 17.5. The Kier molecular flexibility index (Phi) is 6.10. The number of carbonyl (C=O) groups is 1. The summed E-state index contributed by atoms with van der Waals surface area (Å²) in [5.74, 6) is -0.563. The van der Waals surface area contributed by atoms with Gasteiger partial charge in [0.25, 0.3) is 11.6 Å². The molecule has 0 aliphatic rings. The van der Waals surface area contributed by atoms with Gasteiger partial charge in [0.15, 0.2) is 0 Å². The van der Waals surface area contributed by atoms with Gasteiger partial charge in [0.05, 0.1) is 16.2 Å². The number of carbonyl (C=O) groups excluding carboxylic acids is 1. The topological polar surface area (TPSA) is 110 Å². The van der Waals surface area contributed by atoms with Crippen molar-refractivity contribution in [3.8, 4) is 5.75 Å². The van der Waals surface area contributed by atoms with Crippen LogP contribution >= 0.6 is 11.6 Å². The van der Waals surface area contributed by atoms with Crippen molar-refractivity contribution in [3.05, 3.63) is 104 Å². The number of rotatable bonds is 6. The summed E-state index contributed by atoms with van der Waals surface area (Å²) >= 11 is 5.84. The Labute approximate surface area is 193 Å². The number of phenols is 1. The molecular weight excluding hydrogens is 444 g/mol. The highest BCUT2D eigenvalue weighted by atomic mass is 35.5. The van der Waals surface area contributed by atoms with Crippen LogP contribution in [0.15, 0.2) is 72.0 Å². The fourth-order valence-electron chi connectivity index (χ4n) is 3.52. The van der Waals surface area contributed by atoms with Gasteiger partial charge in [-0.25, -0.2) is 5.43 Å². The van der Waals surface area contributed by atoms with Gasteiger partial charge >= 0.3 is 0 Å². The Morgan fingerprint density at radius 2 is 2.03 bits per heavy atom. The van der Waals surface area contributed by atoms with Crippen LogP contribution < -0.4 is 5.43 Å². The van der Waals surface area contributed by atoms with Gasteiger partial charge < -0.3 is 9.67 Å². The second kappa shape index (κ2) is 9.13. The van der Waals surface area contributed by atoms with Crippen LogP contribution in [0.4, 0.5) is 5.69 Å². The van der Waals surface area contributed by atoms with Gasteiger partial charge in [-0.3, -0.25) is 14.9 Å². The first-order chi connectivity index (χ1) is 15.8. The standard InChI is InChI=1S/C24H19ClN4O4/c1-15-5-6-16(11-22(15)29(32)33)14-28-10-9-19-18(3-2-4-21(19)28)13-26-27-24(31)17-7-8-23(30)20(25)12-17/h2-13,30H,14H2,1H3,(H,27,31). The van der Waals surface area contributed by atoms with E-state index in [1.165, 1.54) is 18.2 Å². The Morgan fingerprint density at radius 1 is 1.21 bits per heavy atom. The Morgan fingerprint density at radius 3 is 2.79 bits per heavy atom. The van der Waals surface area contributed by atoms with Crippen LogP contribution in [0.2, 0.25) is 5.02 Å². The minimum Gasteiger partial charge on any atom is -0.506 e. The monoisotopic (exact) mass is 462 g/mol. The number of aromatic nitrogens is 1. The van der Waals surface area contributed by atoms with E-state index in [0.29, 0.717) is 12.1 Å². The molecule has 2 N–H and O–H groups in total. The smallest absolute Gasteiger partial charge is 0.272 e. The van der Waals surface area contributed by atoms with Gasteiger partial charge in [0.1, 0.15) is 5.75 Å². The number of nitrogens with zero attached hydrogens (tertiary/aromatic N) is 3. The van der Waals surface area contributed by atoms with Crippen LogP contribution in [0, 0.1) is 17.0 Å². The van der Waals surface area contributed by atoms with Crippen molar-refractivity contribution < 1.29 is 14.8 Å². The van der Waals surface area contributed by atoms with E-state index in [9.17, 15) is 20.0 Å². The maximum Gasteiger partial charge on any atom is 0.272 e. The van der Waals surface area contributed by atoms with Crippen molar-refractivity contribution in [2.45, 2.75) is 13.5 Å². The van der Waals surface area contributed by atoms with E-state index >= 15 is 0 Å². The lowest BCUT2D eigenvalue weighted by atomic mass is 10.1. The molecule has 33 heavy (non-hydrogen) atoms. The third-order valence-corrected chi connectivity index (χ3v) is 5.55. The summed E-state index contributed by atoms with van der Waals surface area (Å²) in [6, 6.07) is 17.0. The van der Waals surface area contributed by atoms with Crippen molar-refractivity contribution in [3.63, 3.8) is 0 Å². The quantitative estimate of drug-likeness (QED) is 0.238. The molecule has 0 bridgehead atoms. The molecule has 0 saturated heterocycles. The van der Waals surface area contributed by atoms with E-state index in [0.717, 1.165) is 22.0 Å². The first-order valence-electron chi connectivity index (χ1n) is 9.97. The van der Waals surface area contributed by atoms with Gasteiger partial charge in [0.2, 0.25) is 0 Å². The fourth-order valence-corrected chi connectivity index (χ4v) is 3.70. The number of nitro groups is 1. The number of aryl methyl sites for hydroxylation is 1. The van der Waals surface area contributed by atoms with Crippen molar-refractivity contribution in [2.75, 3.05) is 0 Å². The number of halogens is 1. The zero-order chi connectivity index (χ0) is 23.5. The fraction of sp³-hybridized carbons (Fsp3) is 0.0833. The molecule has 0 aliphatic carbocycles. The average molecular weight is 463 g/mol. The molecule has 0 atom stereocenters. The second-order valence-electron chi connectivity index (χ2n) is 7.47. The number of fused-ring (bicyclic) bond motifs is 1. The van der Waals surface area contributed by atoms with Crippen LogP contribution in [0.1, 0.15) is 27.0 Å². The highest BCUT2D eigenvalue weighted by molar-refractivity contribution is 6.32. The molecule has 3 aromatic carbocycles. The maximum absolute atomic E-state index is 12.3. The number of hydrogen-bond donors (Lipinski definition) is 2. The lowest BCUT2D eigenvalue weighted by Gasteiger charge is -2.07. The Hall–Kier alpha value is -4.17. The molecule has 4 aromatic rings. The van der Waals surface area contributed by atoms with Gasteiger partial charge in [-0.15, -0.1) is 0 Å². The number of aromatic hydroxyl groups is 1. The number of benzene rings is 3. The van der Waals surface area contributed by atoms with Crippen molar-refractivity contribution in [2.24, 2.45) is 5.10 Å².